The van der Waals surface area contributed by atoms with Gasteiger partial charge >= 0.3 is 49.0 Å². The van der Waals surface area contributed by atoms with Gasteiger partial charge in [-0.2, -0.15) is 43.9 Å². The first-order chi connectivity index (χ1) is 11.3. The lowest BCUT2D eigenvalue weighted by Crippen LogP contribution is -2.52. The molecule has 0 fully saturated rings. The van der Waals surface area contributed by atoms with E-state index in [2.05, 4.69) is 9.47 Å². The summed E-state index contributed by atoms with van der Waals surface area (Å²) in [7, 11) is 0. The average molecular weight is 426 g/mol. The second-order valence-corrected chi connectivity index (χ2v) is 3.44. The highest BCUT2D eigenvalue weighted by molar-refractivity contribution is 4.82. The van der Waals surface area contributed by atoms with Gasteiger partial charge in [-0.1, -0.05) is 0 Å². The Morgan fingerprint density at radius 2 is 0.692 bits per heavy atom. The van der Waals surface area contributed by atoms with E-state index in [0.717, 1.165) is 0 Å². The molecule has 0 aromatic carbocycles. The first-order valence-electron chi connectivity index (χ1n) is 5.03. The van der Waals surface area contributed by atoms with E-state index in [0.29, 0.717) is 0 Å². The van der Waals surface area contributed by atoms with Gasteiger partial charge in [0.05, 0.1) is 0 Å². The maximum atomic E-state index is 12.7. The monoisotopic (exact) mass is 426 g/mol. The Morgan fingerprint density at radius 1 is 0.462 bits per heavy atom. The maximum Gasteiger partial charge on any atom is 0.542 e. The largest absolute Gasteiger partial charge is 0.542 e. The smallest absolute Gasteiger partial charge is 0.378 e. The third-order valence-corrected chi connectivity index (χ3v) is 1.55. The van der Waals surface area contributed by atoms with Gasteiger partial charge in [-0.3, -0.25) is 0 Å². The number of hydrogen-bond acceptors (Lipinski definition) is 4. The minimum atomic E-state index is -6.91. The van der Waals surface area contributed by atoms with Crippen LogP contribution in [0.25, 0.3) is 0 Å². The van der Waals surface area contributed by atoms with Gasteiger partial charge < -0.3 is 9.47 Å². The molecule has 0 heterocycles. The van der Waals surface area contributed by atoms with Crippen LogP contribution in [0.3, 0.4) is 0 Å². The van der Waals surface area contributed by atoms with E-state index < -0.39 is 49.0 Å². The molecule has 0 aromatic heterocycles. The molecule has 0 unspecified atom stereocenters. The van der Waals surface area contributed by atoms with Crippen molar-refractivity contribution < 1.29 is 80.4 Å². The summed E-state index contributed by atoms with van der Waals surface area (Å²) in [6, 6.07) is -7.15. The lowest BCUT2D eigenvalue weighted by atomic mass is 10.6. The first kappa shape index (κ1) is 24.0. The number of hydrogen-bond donors (Lipinski definition) is 0. The molecule has 0 N–H and O–H groups in total. The predicted molar refractivity (Wildman–Crippen MR) is 44.8 cm³/mol. The molecule has 0 aliphatic carbocycles. The Hall–Kier alpha value is -1.98. The van der Waals surface area contributed by atoms with E-state index in [9.17, 15) is 61.5 Å². The normalized spacial score (nSPS) is 13.3. The van der Waals surface area contributed by atoms with Crippen LogP contribution in [0.15, 0.2) is 24.2 Å². The number of alkyl halides is 8. The van der Waals surface area contributed by atoms with Crippen LogP contribution in [-0.2, 0) is 18.9 Å². The Morgan fingerprint density at radius 3 is 0.885 bits per heavy atom. The minimum absolute atomic E-state index is 1.80. The first-order valence-corrected chi connectivity index (χ1v) is 5.03. The molecule has 18 heteroatoms. The molecule has 26 heavy (non-hydrogen) atoms. The van der Waals surface area contributed by atoms with Crippen molar-refractivity contribution >= 4 is 0 Å². The highest BCUT2D eigenvalue weighted by atomic mass is 19.3. The SMILES string of the molecule is FC(F)=C(F)OC(F)(F)OC(F)(F)C(F)(F)OC(F)(F)OC(F)=C(F)F. The summed E-state index contributed by atoms with van der Waals surface area (Å²) in [4.78, 5) is 0. The van der Waals surface area contributed by atoms with Crippen LogP contribution < -0.4 is 0 Å². The molecule has 0 bridgehead atoms. The lowest BCUT2D eigenvalue weighted by molar-refractivity contribution is -0.562. The van der Waals surface area contributed by atoms with Gasteiger partial charge in [-0.25, -0.2) is 9.47 Å². The van der Waals surface area contributed by atoms with E-state index in [1.165, 1.54) is 0 Å². The fourth-order valence-electron chi connectivity index (χ4n) is 0.745. The van der Waals surface area contributed by atoms with Crippen molar-refractivity contribution in [2.45, 2.75) is 24.8 Å². The van der Waals surface area contributed by atoms with Crippen molar-refractivity contribution in [3.05, 3.63) is 24.2 Å². The molecular weight excluding hydrogens is 426 g/mol. The van der Waals surface area contributed by atoms with E-state index >= 15 is 0 Å². The Balaban J connectivity index is 5.37. The predicted octanol–water partition coefficient (Wildman–Crippen LogP) is 5.41. The minimum Gasteiger partial charge on any atom is -0.378 e. The van der Waals surface area contributed by atoms with Crippen LogP contribution >= 0.6 is 0 Å². The average Bonchev–Trinajstić information content (AvgIpc) is 2.33. The molecule has 0 saturated heterocycles. The van der Waals surface area contributed by atoms with Gasteiger partial charge in [0.1, 0.15) is 0 Å². The second-order valence-electron chi connectivity index (χ2n) is 3.44. The molecule has 0 rings (SSSR count). The van der Waals surface area contributed by atoms with Crippen LogP contribution in [0, 0.1) is 0 Å². The molecule has 0 atom stereocenters. The second kappa shape index (κ2) is 7.72. The molecule has 4 nitrogen and oxygen atoms in total. The highest BCUT2D eigenvalue weighted by Crippen LogP contribution is 2.44. The van der Waals surface area contributed by atoms with Gasteiger partial charge in [0.15, 0.2) is 0 Å². The molecule has 0 aromatic rings. The fourth-order valence-corrected chi connectivity index (χ4v) is 0.745. The molecule has 0 aliphatic rings. The van der Waals surface area contributed by atoms with Crippen LogP contribution in [-0.4, -0.2) is 24.8 Å². The Kier molecular flexibility index (Phi) is 7.13. The van der Waals surface area contributed by atoms with Gasteiger partial charge in [0, 0.05) is 0 Å². The highest BCUT2D eigenvalue weighted by Gasteiger charge is 2.69. The lowest BCUT2D eigenvalue weighted by Gasteiger charge is -2.29. The number of rotatable bonds is 9. The van der Waals surface area contributed by atoms with Crippen molar-refractivity contribution in [2.24, 2.45) is 0 Å². The summed E-state index contributed by atoms with van der Waals surface area (Å²) < 4.78 is 179. The van der Waals surface area contributed by atoms with Gasteiger partial charge in [-0.15, -0.1) is 17.6 Å². The topological polar surface area (TPSA) is 36.9 Å². The van der Waals surface area contributed by atoms with E-state index in [4.69, 9.17) is 0 Å². The molecule has 0 radical (unpaired) electrons. The van der Waals surface area contributed by atoms with Gasteiger partial charge in [0.2, 0.25) is 0 Å². The van der Waals surface area contributed by atoms with Gasteiger partial charge in [0.25, 0.3) is 0 Å². The summed E-state index contributed by atoms with van der Waals surface area (Å²) in [5, 5.41) is 0. The van der Waals surface area contributed by atoms with Crippen LogP contribution in [0.5, 0.6) is 0 Å². The van der Waals surface area contributed by atoms with Crippen LogP contribution in [0.1, 0.15) is 0 Å². The molecular formula is C8F14O4. The zero-order valence-corrected chi connectivity index (χ0v) is 10.9. The summed E-state index contributed by atoms with van der Waals surface area (Å²) in [5.74, 6) is 0. The van der Waals surface area contributed by atoms with Crippen molar-refractivity contribution in [3.63, 3.8) is 0 Å². The van der Waals surface area contributed by atoms with Gasteiger partial charge in [-0.05, 0) is 0 Å². The Bertz CT molecular complexity index is 511. The van der Waals surface area contributed by atoms with E-state index in [1.54, 1.807) is 9.47 Å². The zero-order valence-electron chi connectivity index (χ0n) is 10.9. The van der Waals surface area contributed by atoms with E-state index in [-0.39, 0.29) is 0 Å². The molecule has 0 spiro atoms. The maximum absolute atomic E-state index is 12.7. The standard InChI is InChI=1S/C8F14O4/c9-1(10)3(13)23-7(19,20)25-5(15,16)6(17,18)26-8(21,22)24-4(14)2(11)12. The van der Waals surface area contributed by atoms with Crippen molar-refractivity contribution in [3.8, 4) is 0 Å². The quantitative estimate of drug-likeness (QED) is 0.281. The number of ether oxygens (including phenoxy) is 4. The van der Waals surface area contributed by atoms with Crippen molar-refractivity contribution in [1.82, 2.24) is 0 Å². The summed E-state index contributed by atoms with van der Waals surface area (Å²) in [6.07, 6.45) is -33.8. The molecule has 0 aliphatic heterocycles. The summed E-state index contributed by atoms with van der Waals surface area (Å²) >= 11 is 0. The fraction of sp³-hybridized carbons (Fsp3) is 0.500. The van der Waals surface area contributed by atoms with Crippen molar-refractivity contribution in [1.29, 1.82) is 0 Å². The molecule has 0 saturated carbocycles. The molecule has 0 amide bonds. The van der Waals surface area contributed by atoms with Crippen molar-refractivity contribution in [2.75, 3.05) is 0 Å². The third-order valence-electron chi connectivity index (χ3n) is 1.55. The summed E-state index contributed by atoms with van der Waals surface area (Å²) in [6.45, 7) is 0. The van der Waals surface area contributed by atoms with Crippen LogP contribution in [0.4, 0.5) is 61.5 Å². The third kappa shape index (κ3) is 7.10. The Labute approximate surface area is 131 Å². The molecule has 154 valence electrons. The zero-order chi connectivity index (χ0) is 21.1. The summed E-state index contributed by atoms with van der Waals surface area (Å²) in [5.41, 5.74) is 0. The van der Waals surface area contributed by atoms with E-state index in [1.807, 2.05) is 0 Å². The number of halogens is 14. The van der Waals surface area contributed by atoms with Crippen LogP contribution in [0.2, 0.25) is 0 Å².